The van der Waals surface area contributed by atoms with Gasteiger partial charge in [0.25, 0.3) is 0 Å². The van der Waals surface area contributed by atoms with Crippen LogP contribution in [0.15, 0.2) is 42.5 Å². The van der Waals surface area contributed by atoms with Crippen LogP contribution in [0, 0.1) is 17.7 Å². The molecule has 1 aliphatic carbocycles. The van der Waals surface area contributed by atoms with Gasteiger partial charge in [0.2, 0.25) is 5.67 Å². The largest absolute Gasteiger partial charge is 0.491 e. The minimum absolute atomic E-state index is 0.0192. The van der Waals surface area contributed by atoms with Crippen molar-refractivity contribution in [3.05, 3.63) is 53.8 Å². The summed E-state index contributed by atoms with van der Waals surface area (Å²) in [6.45, 7) is 4.76. The molecule has 0 spiro atoms. The molecule has 39 heavy (non-hydrogen) atoms. The highest BCUT2D eigenvalue weighted by molar-refractivity contribution is 5.77. The van der Waals surface area contributed by atoms with Crippen molar-refractivity contribution in [1.29, 1.82) is 0 Å². The van der Waals surface area contributed by atoms with E-state index in [1.165, 1.54) is 31.7 Å². The van der Waals surface area contributed by atoms with E-state index in [0.29, 0.717) is 25.2 Å². The summed E-state index contributed by atoms with van der Waals surface area (Å²) in [6, 6.07) is 13.2. The molecule has 0 radical (unpaired) electrons. The highest BCUT2D eigenvalue weighted by Crippen LogP contribution is 2.41. The minimum atomic E-state index is -2.13. The van der Waals surface area contributed by atoms with Crippen LogP contribution in [0.2, 0.25) is 0 Å². The van der Waals surface area contributed by atoms with Gasteiger partial charge < -0.3 is 9.84 Å². The number of benzene rings is 2. The van der Waals surface area contributed by atoms with Crippen LogP contribution in [-0.4, -0.2) is 23.4 Å². The Morgan fingerprint density at radius 2 is 1.64 bits per heavy atom. The molecule has 0 saturated heterocycles. The number of rotatable bonds is 17. The fourth-order valence-corrected chi connectivity index (χ4v) is 5.96. The monoisotopic (exact) mass is 542 g/mol. The van der Waals surface area contributed by atoms with E-state index in [9.17, 15) is 14.3 Å². The van der Waals surface area contributed by atoms with E-state index in [-0.39, 0.29) is 24.1 Å². The molecule has 0 bridgehead atoms. The predicted octanol–water partition coefficient (Wildman–Crippen LogP) is 9.95. The first-order chi connectivity index (χ1) is 18.9. The van der Waals surface area contributed by atoms with Crippen molar-refractivity contribution in [2.24, 2.45) is 11.8 Å². The smallest absolute Gasteiger partial charge is 0.341 e. The molecule has 1 fully saturated rings. The SMILES string of the molecule is CCCCCCCCOc1ccc(-c2ccc(CCC(CC)C[C@@](F)(C(=O)O)C3CCCCC3)cc2)cc1F. The number of carboxylic acids is 1. The van der Waals surface area contributed by atoms with Gasteiger partial charge in [0.15, 0.2) is 11.6 Å². The molecule has 1 N–H and O–H groups in total. The topological polar surface area (TPSA) is 46.5 Å². The van der Waals surface area contributed by atoms with Gasteiger partial charge in [0.1, 0.15) is 0 Å². The third-order valence-electron chi connectivity index (χ3n) is 8.59. The van der Waals surface area contributed by atoms with Crippen molar-refractivity contribution in [3.8, 4) is 16.9 Å². The molecule has 216 valence electrons. The van der Waals surface area contributed by atoms with Crippen molar-refractivity contribution in [3.63, 3.8) is 0 Å². The third-order valence-corrected chi connectivity index (χ3v) is 8.59. The van der Waals surface area contributed by atoms with Crippen LogP contribution in [0.5, 0.6) is 5.75 Å². The Morgan fingerprint density at radius 1 is 0.974 bits per heavy atom. The summed E-state index contributed by atoms with van der Waals surface area (Å²) in [5.41, 5.74) is 0.722. The zero-order valence-corrected chi connectivity index (χ0v) is 24.0. The van der Waals surface area contributed by atoms with E-state index in [1.807, 2.05) is 37.3 Å². The van der Waals surface area contributed by atoms with Crippen LogP contribution in [0.4, 0.5) is 8.78 Å². The molecule has 2 aromatic rings. The van der Waals surface area contributed by atoms with Gasteiger partial charge in [0, 0.05) is 5.92 Å². The molecular weight excluding hydrogens is 494 g/mol. The molecule has 1 aliphatic rings. The van der Waals surface area contributed by atoms with E-state index in [2.05, 4.69) is 6.92 Å². The van der Waals surface area contributed by atoms with E-state index >= 15 is 4.39 Å². The first-order valence-corrected chi connectivity index (χ1v) is 15.3. The van der Waals surface area contributed by atoms with Gasteiger partial charge in [-0.2, -0.15) is 0 Å². The van der Waals surface area contributed by atoms with Gasteiger partial charge in [-0.3, -0.25) is 0 Å². The number of aryl methyl sites for hydroxylation is 1. The van der Waals surface area contributed by atoms with E-state index < -0.39 is 11.6 Å². The molecule has 2 atom stereocenters. The predicted molar refractivity (Wildman–Crippen MR) is 155 cm³/mol. The zero-order chi connectivity index (χ0) is 28.1. The van der Waals surface area contributed by atoms with Crippen molar-refractivity contribution >= 4 is 5.97 Å². The maximum absolute atomic E-state index is 15.8. The van der Waals surface area contributed by atoms with Crippen molar-refractivity contribution < 1.29 is 23.4 Å². The molecular formula is C34H48F2O3. The van der Waals surface area contributed by atoms with E-state index in [4.69, 9.17) is 4.74 Å². The van der Waals surface area contributed by atoms with Gasteiger partial charge in [-0.05, 0) is 73.3 Å². The Labute approximate surface area is 234 Å². The number of halogens is 2. The number of alkyl halides is 1. The average molecular weight is 543 g/mol. The maximum atomic E-state index is 15.8. The Bertz CT molecular complexity index is 1000. The average Bonchev–Trinajstić information content (AvgIpc) is 2.96. The van der Waals surface area contributed by atoms with Crippen LogP contribution >= 0.6 is 0 Å². The lowest BCUT2D eigenvalue weighted by Crippen LogP contribution is -2.44. The van der Waals surface area contributed by atoms with Gasteiger partial charge in [0.05, 0.1) is 6.61 Å². The number of carbonyl (C=O) groups is 1. The summed E-state index contributed by atoms with van der Waals surface area (Å²) >= 11 is 0. The first-order valence-electron chi connectivity index (χ1n) is 15.3. The molecule has 1 saturated carbocycles. The lowest BCUT2D eigenvalue weighted by molar-refractivity contribution is -0.158. The van der Waals surface area contributed by atoms with E-state index in [0.717, 1.165) is 68.1 Å². The summed E-state index contributed by atoms with van der Waals surface area (Å²) < 4.78 is 36.1. The second-order valence-corrected chi connectivity index (χ2v) is 11.5. The van der Waals surface area contributed by atoms with E-state index in [1.54, 1.807) is 6.07 Å². The quantitative estimate of drug-likeness (QED) is 0.202. The van der Waals surface area contributed by atoms with Crippen LogP contribution in [0.3, 0.4) is 0 Å². The molecule has 2 aromatic carbocycles. The summed E-state index contributed by atoms with van der Waals surface area (Å²) in [5, 5.41) is 9.77. The van der Waals surface area contributed by atoms with Crippen LogP contribution in [0.25, 0.3) is 11.1 Å². The summed E-state index contributed by atoms with van der Waals surface area (Å²) in [7, 11) is 0. The molecule has 0 amide bonds. The summed E-state index contributed by atoms with van der Waals surface area (Å²) in [5.74, 6) is -1.69. The van der Waals surface area contributed by atoms with Gasteiger partial charge in [-0.15, -0.1) is 0 Å². The van der Waals surface area contributed by atoms with Crippen molar-refractivity contribution in [2.75, 3.05) is 6.61 Å². The van der Waals surface area contributed by atoms with Crippen molar-refractivity contribution in [1.82, 2.24) is 0 Å². The standard InChI is InChI=1S/C34H48F2O3/c1-3-5-6-7-8-12-23-39-32-22-21-29(24-31(32)35)28-19-17-27(18-20-28)16-15-26(4-2)25-34(36,33(37)38)30-13-10-9-11-14-30/h17-22,24,26,30H,3-16,23,25H2,1-2H3,(H,37,38)/t26?,34-/m0/s1. The number of ether oxygens (including phenoxy) is 1. The summed E-state index contributed by atoms with van der Waals surface area (Å²) in [4.78, 5) is 12.0. The molecule has 3 nitrogen and oxygen atoms in total. The fraction of sp³-hybridized carbons (Fsp3) is 0.618. The number of carboxylic acid groups (broad SMARTS) is 1. The number of hydrogen-bond donors (Lipinski definition) is 1. The third kappa shape index (κ3) is 9.32. The van der Waals surface area contributed by atoms with Gasteiger partial charge in [-0.25, -0.2) is 13.6 Å². The molecule has 0 heterocycles. The zero-order valence-electron chi connectivity index (χ0n) is 24.0. The van der Waals surface area contributed by atoms with Gasteiger partial charge in [-0.1, -0.05) is 102 Å². The molecule has 1 unspecified atom stereocenters. The Hall–Kier alpha value is -2.43. The van der Waals surface area contributed by atoms with Crippen LogP contribution in [0.1, 0.15) is 109 Å². The lowest BCUT2D eigenvalue weighted by atomic mass is 9.73. The molecule has 0 aliphatic heterocycles. The van der Waals surface area contributed by atoms with Gasteiger partial charge >= 0.3 is 5.97 Å². The Morgan fingerprint density at radius 3 is 2.28 bits per heavy atom. The number of aliphatic carboxylic acids is 1. The maximum Gasteiger partial charge on any atom is 0.341 e. The normalized spacial score (nSPS) is 16.5. The molecule has 5 heteroatoms. The second-order valence-electron chi connectivity index (χ2n) is 11.5. The number of unbranched alkanes of at least 4 members (excludes halogenated alkanes) is 5. The minimum Gasteiger partial charge on any atom is -0.491 e. The molecule has 0 aromatic heterocycles. The molecule has 3 rings (SSSR count). The van der Waals surface area contributed by atoms with Crippen LogP contribution < -0.4 is 4.74 Å². The Balaban J connectivity index is 1.51. The second kappa shape index (κ2) is 16.0. The first kappa shape index (κ1) is 31.1. The number of hydrogen-bond acceptors (Lipinski definition) is 2. The lowest BCUT2D eigenvalue weighted by Gasteiger charge is -2.35. The summed E-state index contributed by atoms with van der Waals surface area (Å²) in [6.07, 6.45) is 13.6. The fourth-order valence-electron chi connectivity index (χ4n) is 5.96. The van der Waals surface area contributed by atoms with Crippen LogP contribution in [-0.2, 0) is 11.2 Å². The Kier molecular flexibility index (Phi) is 12.7. The highest BCUT2D eigenvalue weighted by Gasteiger charge is 2.47. The highest BCUT2D eigenvalue weighted by atomic mass is 19.1. The van der Waals surface area contributed by atoms with Crippen molar-refractivity contribution in [2.45, 2.75) is 116 Å².